The van der Waals surface area contributed by atoms with Crippen LogP contribution in [0.1, 0.15) is 11.1 Å². The molecular weight excluding hydrogens is 346 g/mol. The molecule has 0 atom stereocenters. The largest absolute Gasteiger partial charge is 0.506 e. The van der Waals surface area contributed by atoms with Crippen LogP contribution in [0.3, 0.4) is 0 Å². The van der Waals surface area contributed by atoms with E-state index in [9.17, 15) is 5.11 Å². The molecule has 1 N–H and O–H groups in total. The van der Waals surface area contributed by atoms with Crippen LogP contribution in [0.15, 0.2) is 78.9 Å². The molecule has 0 aliphatic rings. The molecule has 0 bridgehead atoms. The van der Waals surface area contributed by atoms with Crippen LogP contribution in [0, 0.1) is 6.92 Å². The van der Waals surface area contributed by atoms with E-state index in [0.717, 1.165) is 27.9 Å². The Balaban J connectivity index is 1.74. The molecule has 5 aromatic rings. The molecule has 4 nitrogen and oxygen atoms in total. The maximum atomic E-state index is 10.2. The van der Waals surface area contributed by atoms with E-state index in [1.54, 1.807) is 6.07 Å². The van der Waals surface area contributed by atoms with Gasteiger partial charge in [-0.2, -0.15) is 0 Å². The molecule has 0 unspecified atom stereocenters. The van der Waals surface area contributed by atoms with Crippen LogP contribution in [0.2, 0.25) is 0 Å². The summed E-state index contributed by atoms with van der Waals surface area (Å²) in [7, 11) is 0. The first kappa shape index (κ1) is 16.5. The van der Waals surface area contributed by atoms with E-state index in [1.807, 2.05) is 42.5 Å². The van der Waals surface area contributed by atoms with Crippen molar-refractivity contribution >= 4 is 21.9 Å². The second-order valence-electron chi connectivity index (χ2n) is 7.04. The number of aryl methyl sites for hydroxylation is 1. The molecule has 2 aromatic heterocycles. The van der Waals surface area contributed by atoms with Crippen LogP contribution in [0.5, 0.6) is 5.75 Å². The molecule has 0 spiro atoms. The minimum Gasteiger partial charge on any atom is -0.506 e. The number of nitrogens with zero attached hydrogens (tertiary/aromatic N) is 3. The number of benzene rings is 3. The second-order valence-corrected chi connectivity index (χ2v) is 7.04. The van der Waals surface area contributed by atoms with Crippen molar-refractivity contribution in [3.63, 3.8) is 0 Å². The first-order valence-electron chi connectivity index (χ1n) is 9.29. The molecule has 136 valence electrons. The summed E-state index contributed by atoms with van der Waals surface area (Å²) in [4.78, 5) is 9.63. The lowest BCUT2D eigenvalue weighted by atomic mass is 10.2. The van der Waals surface area contributed by atoms with Crippen LogP contribution in [-0.4, -0.2) is 19.6 Å². The van der Waals surface area contributed by atoms with Gasteiger partial charge < -0.3 is 9.67 Å². The molecule has 4 heteroatoms. The number of para-hydroxylation sites is 1. The predicted molar refractivity (Wildman–Crippen MR) is 112 cm³/mol. The standard InChI is InChI=1S/C24H19N3O/c1-16-10-13-21-20(14-16)26-24(27(21)15-17-6-3-2-4-7-17)19-12-11-18-8-5-9-22(28)23(18)25-19/h2-14,28H,15H2,1H3. The fourth-order valence-electron chi connectivity index (χ4n) is 3.62. The number of phenols is 1. The highest BCUT2D eigenvalue weighted by Crippen LogP contribution is 2.29. The van der Waals surface area contributed by atoms with Crippen molar-refractivity contribution in [2.24, 2.45) is 0 Å². The summed E-state index contributed by atoms with van der Waals surface area (Å²) >= 11 is 0. The van der Waals surface area contributed by atoms with Crippen LogP contribution in [0.25, 0.3) is 33.5 Å². The number of imidazole rings is 1. The third kappa shape index (κ3) is 2.79. The Bertz CT molecular complexity index is 1310. The Morgan fingerprint density at radius 1 is 0.857 bits per heavy atom. The quantitative estimate of drug-likeness (QED) is 0.471. The molecule has 28 heavy (non-hydrogen) atoms. The lowest BCUT2D eigenvalue weighted by Crippen LogP contribution is -2.03. The van der Waals surface area contributed by atoms with Gasteiger partial charge in [0.05, 0.1) is 11.0 Å². The van der Waals surface area contributed by atoms with Crippen LogP contribution in [0.4, 0.5) is 0 Å². The van der Waals surface area contributed by atoms with E-state index in [4.69, 9.17) is 9.97 Å². The maximum absolute atomic E-state index is 10.2. The lowest BCUT2D eigenvalue weighted by Gasteiger charge is -2.10. The molecule has 0 fully saturated rings. The average molecular weight is 365 g/mol. The number of hydrogen-bond acceptors (Lipinski definition) is 3. The van der Waals surface area contributed by atoms with Crippen molar-refractivity contribution in [3.8, 4) is 17.3 Å². The van der Waals surface area contributed by atoms with Crippen LogP contribution >= 0.6 is 0 Å². The van der Waals surface area contributed by atoms with Gasteiger partial charge >= 0.3 is 0 Å². The van der Waals surface area contributed by atoms with Gasteiger partial charge in [-0.3, -0.25) is 0 Å². The van der Waals surface area contributed by atoms with Gasteiger partial charge in [0.1, 0.15) is 17.0 Å². The molecule has 0 saturated carbocycles. The monoisotopic (exact) mass is 365 g/mol. The highest BCUT2D eigenvalue weighted by molar-refractivity contribution is 5.87. The second kappa shape index (κ2) is 6.50. The Labute approximate surface area is 162 Å². The molecular formula is C24H19N3O. The predicted octanol–water partition coefficient (Wildman–Crippen LogP) is 5.31. The Kier molecular flexibility index (Phi) is 3.83. The summed E-state index contributed by atoms with van der Waals surface area (Å²) in [6.45, 7) is 2.78. The molecule has 0 saturated heterocycles. The van der Waals surface area contributed by atoms with Crippen molar-refractivity contribution in [3.05, 3.63) is 90.0 Å². The lowest BCUT2D eigenvalue weighted by molar-refractivity contribution is 0.480. The number of rotatable bonds is 3. The number of phenolic OH excluding ortho intramolecular Hbond substituents is 1. The zero-order valence-electron chi connectivity index (χ0n) is 15.5. The minimum atomic E-state index is 0.181. The van der Waals surface area contributed by atoms with Gasteiger partial charge in [0.2, 0.25) is 0 Å². The zero-order valence-corrected chi connectivity index (χ0v) is 15.5. The summed E-state index contributed by atoms with van der Waals surface area (Å²) in [5.74, 6) is 0.982. The van der Waals surface area contributed by atoms with Crippen molar-refractivity contribution < 1.29 is 5.11 Å². The number of aromatic hydroxyl groups is 1. The summed E-state index contributed by atoms with van der Waals surface area (Å²) in [6.07, 6.45) is 0. The third-order valence-electron chi connectivity index (χ3n) is 5.02. The number of hydrogen-bond donors (Lipinski definition) is 1. The number of fused-ring (bicyclic) bond motifs is 2. The Morgan fingerprint density at radius 3 is 2.57 bits per heavy atom. The van der Waals surface area contributed by atoms with Gasteiger partial charge in [0.25, 0.3) is 0 Å². The zero-order chi connectivity index (χ0) is 19.1. The number of pyridine rings is 1. The summed E-state index contributed by atoms with van der Waals surface area (Å²) < 4.78 is 2.19. The smallest absolute Gasteiger partial charge is 0.160 e. The van der Waals surface area contributed by atoms with Crippen molar-refractivity contribution in [1.29, 1.82) is 0 Å². The Morgan fingerprint density at radius 2 is 1.71 bits per heavy atom. The highest BCUT2D eigenvalue weighted by atomic mass is 16.3. The van der Waals surface area contributed by atoms with E-state index in [-0.39, 0.29) is 5.75 Å². The molecule has 3 aromatic carbocycles. The first-order chi connectivity index (χ1) is 13.7. The van der Waals surface area contributed by atoms with Gasteiger partial charge in [0.15, 0.2) is 5.82 Å². The van der Waals surface area contributed by atoms with E-state index in [0.29, 0.717) is 12.1 Å². The van der Waals surface area contributed by atoms with Gasteiger partial charge in [-0.15, -0.1) is 0 Å². The van der Waals surface area contributed by atoms with E-state index >= 15 is 0 Å². The van der Waals surface area contributed by atoms with E-state index < -0.39 is 0 Å². The van der Waals surface area contributed by atoms with Gasteiger partial charge in [-0.25, -0.2) is 9.97 Å². The minimum absolute atomic E-state index is 0.181. The van der Waals surface area contributed by atoms with Crippen LogP contribution in [-0.2, 0) is 6.54 Å². The average Bonchev–Trinajstić information content (AvgIpc) is 3.06. The van der Waals surface area contributed by atoms with Gasteiger partial charge in [0, 0.05) is 11.9 Å². The van der Waals surface area contributed by atoms with Crippen molar-refractivity contribution in [2.45, 2.75) is 13.5 Å². The normalized spacial score (nSPS) is 11.3. The fraction of sp³-hybridized carbons (Fsp3) is 0.0833. The molecule has 0 aliphatic heterocycles. The number of aromatic nitrogens is 3. The van der Waals surface area contributed by atoms with Crippen molar-refractivity contribution in [1.82, 2.24) is 14.5 Å². The summed E-state index contributed by atoms with van der Waals surface area (Å²) in [5.41, 5.74) is 5.74. The van der Waals surface area contributed by atoms with E-state index in [1.165, 1.54) is 11.1 Å². The van der Waals surface area contributed by atoms with Gasteiger partial charge in [-0.1, -0.05) is 54.6 Å². The SMILES string of the molecule is Cc1ccc2c(c1)nc(-c1ccc3cccc(O)c3n1)n2Cc1ccccc1. The van der Waals surface area contributed by atoms with Gasteiger partial charge in [-0.05, 0) is 42.3 Å². The highest BCUT2D eigenvalue weighted by Gasteiger charge is 2.15. The summed E-state index contributed by atoms with van der Waals surface area (Å²) in [6, 6.07) is 26.0. The third-order valence-corrected chi connectivity index (χ3v) is 5.02. The molecule has 0 aliphatic carbocycles. The van der Waals surface area contributed by atoms with Crippen LogP contribution < -0.4 is 0 Å². The maximum Gasteiger partial charge on any atom is 0.160 e. The molecule has 2 heterocycles. The molecule has 0 amide bonds. The summed E-state index contributed by atoms with van der Waals surface area (Å²) in [5, 5.41) is 11.1. The first-order valence-corrected chi connectivity index (χ1v) is 9.29. The molecule has 5 rings (SSSR count). The topological polar surface area (TPSA) is 50.9 Å². The molecule has 0 radical (unpaired) electrons. The van der Waals surface area contributed by atoms with E-state index in [2.05, 4.69) is 41.8 Å². The fourth-order valence-corrected chi connectivity index (χ4v) is 3.62. The van der Waals surface area contributed by atoms with Crippen molar-refractivity contribution in [2.75, 3.05) is 0 Å². The Hall–Kier alpha value is -3.66.